The predicted molar refractivity (Wildman–Crippen MR) is 85.2 cm³/mol. The van der Waals surface area contributed by atoms with Crippen LogP contribution in [-0.4, -0.2) is 23.7 Å². The monoisotopic (exact) mass is 289 g/mol. The third-order valence-electron chi connectivity index (χ3n) is 4.47. The zero-order valence-electron chi connectivity index (χ0n) is 13.4. The molecule has 0 aliphatic heterocycles. The Hall–Kier alpha value is -1.35. The first-order valence-electron chi connectivity index (χ1n) is 7.92. The van der Waals surface area contributed by atoms with E-state index in [1.807, 2.05) is 12.1 Å². The van der Waals surface area contributed by atoms with Gasteiger partial charge in [-0.3, -0.25) is 4.79 Å². The largest absolute Gasteiger partial charge is 0.396 e. The van der Waals surface area contributed by atoms with Crippen LogP contribution in [0.3, 0.4) is 0 Å². The number of amides is 1. The Kier molecular flexibility index (Phi) is 5.04. The van der Waals surface area contributed by atoms with E-state index in [9.17, 15) is 9.90 Å². The van der Waals surface area contributed by atoms with Crippen LogP contribution in [0.25, 0.3) is 0 Å². The molecule has 0 saturated carbocycles. The number of aliphatic hydroxyl groups is 1. The van der Waals surface area contributed by atoms with Crippen molar-refractivity contribution in [3.63, 3.8) is 0 Å². The van der Waals surface area contributed by atoms with E-state index in [-0.39, 0.29) is 29.9 Å². The van der Waals surface area contributed by atoms with E-state index in [2.05, 4.69) is 38.2 Å². The van der Waals surface area contributed by atoms with E-state index in [1.165, 1.54) is 11.1 Å². The summed E-state index contributed by atoms with van der Waals surface area (Å²) in [6, 6.07) is 8.27. The van der Waals surface area contributed by atoms with Gasteiger partial charge in [0.15, 0.2) is 0 Å². The minimum Gasteiger partial charge on any atom is -0.396 e. The fourth-order valence-electron chi connectivity index (χ4n) is 3.15. The minimum absolute atomic E-state index is 0.00379. The Labute approximate surface area is 127 Å². The lowest BCUT2D eigenvalue weighted by Crippen LogP contribution is -2.46. The van der Waals surface area contributed by atoms with Gasteiger partial charge in [0.2, 0.25) is 5.91 Å². The molecule has 116 valence electrons. The highest BCUT2D eigenvalue weighted by Gasteiger charge is 2.31. The highest BCUT2D eigenvalue weighted by atomic mass is 16.3. The third kappa shape index (κ3) is 3.85. The third-order valence-corrected chi connectivity index (χ3v) is 4.47. The summed E-state index contributed by atoms with van der Waals surface area (Å²) in [7, 11) is 0. The number of nitrogens with one attached hydrogen (secondary N) is 1. The van der Waals surface area contributed by atoms with Crippen molar-refractivity contribution in [3.8, 4) is 0 Å². The summed E-state index contributed by atoms with van der Waals surface area (Å²) in [6.07, 6.45) is 3.65. The van der Waals surface area contributed by atoms with Crippen molar-refractivity contribution in [1.82, 2.24) is 5.32 Å². The summed E-state index contributed by atoms with van der Waals surface area (Å²) in [5.41, 5.74) is 2.43. The number of aryl methyl sites for hydroxylation is 1. The van der Waals surface area contributed by atoms with Gasteiger partial charge in [0.05, 0.1) is 5.92 Å². The van der Waals surface area contributed by atoms with Crippen molar-refractivity contribution in [2.24, 2.45) is 5.41 Å². The number of rotatable bonds is 4. The molecule has 3 nitrogen and oxygen atoms in total. The normalized spacial score (nSPS) is 19.7. The van der Waals surface area contributed by atoms with Crippen LogP contribution >= 0.6 is 0 Å². The van der Waals surface area contributed by atoms with Crippen molar-refractivity contribution in [2.75, 3.05) is 6.61 Å². The molecule has 0 bridgehead atoms. The fraction of sp³-hybridized carbons (Fsp3) is 0.611. The van der Waals surface area contributed by atoms with Gasteiger partial charge in [-0.05, 0) is 42.2 Å². The first-order valence-corrected chi connectivity index (χ1v) is 7.92. The van der Waals surface area contributed by atoms with Crippen molar-refractivity contribution < 1.29 is 9.90 Å². The van der Waals surface area contributed by atoms with Crippen LogP contribution in [0.1, 0.15) is 57.1 Å². The molecule has 0 fully saturated rings. The zero-order valence-corrected chi connectivity index (χ0v) is 13.4. The SMILES string of the molecule is CC(C)(C)C(CCO)NC(=O)C1CCCc2ccccc21. The number of carbonyl (C=O) groups is 1. The molecule has 2 rings (SSSR count). The summed E-state index contributed by atoms with van der Waals surface area (Å²) >= 11 is 0. The Morgan fingerprint density at radius 2 is 2.10 bits per heavy atom. The molecular weight excluding hydrogens is 262 g/mol. The molecule has 2 unspecified atom stereocenters. The zero-order chi connectivity index (χ0) is 15.5. The molecule has 21 heavy (non-hydrogen) atoms. The minimum atomic E-state index is -0.0490. The molecule has 0 aromatic heterocycles. The Bertz CT molecular complexity index is 490. The summed E-state index contributed by atoms with van der Waals surface area (Å²) in [5, 5.41) is 12.4. The number of hydrogen-bond acceptors (Lipinski definition) is 2. The lowest BCUT2D eigenvalue weighted by Gasteiger charge is -2.33. The Balaban J connectivity index is 2.14. The average Bonchev–Trinajstić information content (AvgIpc) is 2.45. The topological polar surface area (TPSA) is 49.3 Å². The van der Waals surface area contributed by atoms with E-state index in [4.69, 9.17) is 0 Å². The number of benzene rings is 1. The van der Waals surface area contributed by atoms with Crippen LogP contribution in [0, 0.1) is 5.41 Å². The molecule has 1 aromatic rings. The molecule has 0 radical (unpaired) electrons. The van der Waals surface area contributed by atoms with Crippen LogP contribution in [0.4, 0.5) is 0 Å². The molecule has 1 aliphatic rings. The smallest absolute Gasteiger partial charge is 0.227 e. The van der Waals surface area contributed by atoms with Crippen LogP contribution in [0.2, 0.25) is 0 Å². The maximum atomic E-state index is 12.7. The Morgan fingerprint density at radius 3 is 2.76 bits per heavy atom. The van der Waals surface area contributed by atoms with Crippen LogP contribution < -0.4 is 5.32 Å². The summed E-state index contributed by atoms with van der Waals surface area (Å²) in [6.45, 7) is 6.40. The fourth-order valence-corrected chi connectivity index (χ4v) is 3.15. The molecule has 1 aromatic carbocycles. The number of carbonyl (C=O) groups excluding carboxylic acids is 1. The molecule has 0 heterocycles. The number of hydrogen-bond donors (Lipinski definition) is 2. The molecule has 0 saturated heterocycles. The van der Waals surface area contributed by atoms with Crippen LogP contribution in [-0.2, 0) is 11.2 Å². The first kappa shape index (κ1) is 16.0. The van der Waals surface area contributed by atoms with Gasteiger partial charge in [-0.2, -0.15) is 0 Å². The van der Waals surface area contributed by atoms with Crippen molar-refractivity contribution in [3.05, 3.63) is 35.4 Å². The van der Waals surface area contributed by atoms with Gasteiger partial charge in [0.1, 0.15) is 0 Å². The highest BCUT2D eigenvalue weighted by molar-refractivity contribution is 5.84. The molecule has 3 heteroatoms. The molecule has 0 spiro atoms. The summed E-state index contributed by atoms with van der Waals surface area (Å²) < 4.78 is 0. The van der Waals surface area contributed by atoms with E-state index in [1.54, 1.807) is 0 Å². The van der Waals surface area contributed by atoms with Crippen LogP contribution in [0.15, 0.2) is 24.3 Å². The lowest BCUT2D eigenvalue weighted by molar-refractivity contribution is -0.124. The highest BCUT2D eigenvalue weighted by Crippen LogP contribution is 2.32. The molecule has 2 atom stereocenters. The average molecular weight is 289 g/mol. The van der Waals surface area contributed by atoms with Gasteiger partial charge in [-0.1, -0.05) is 45.0 Å². The molecule has 2 N–H and O–H groups in total. The quantitative estimate of drug-likeness (QED) is 0.895. The van der Waals surface area contributed by atoms with Crippen molar-refractivity contribution in [1.29, 1.82) is 0 Å². The van der Waals surface area contributed by atoms with Gasteiger partial charge < -0.3 is 10.4 Å². The first-order chi connectivity index (χ1) is 9.93. The second-order valence-corrected chi connectivity index (χ2v) is 7.08. The summed E-state index contributed by atoms with van der Waals surface area (Å²) in [5.74, 6) is 0.0639. The molecular formula is C18H27NO2. The standard InChI is InChI=1S/C18H27NO2/c1-18(2,3)16(11-12-20)19-17(21)15-10-6-8-13-7-4-5-9-14(13)15/h4-5,7,9,15-16,20H,6,8,10-12H2,1-3H3,(H,19,21). The second-order valence-electron chi connectivity index (χ2n) is 7.08. The molecule has 1 amide bonds. The van der Waals surface area contributed by atoms with E-state index in [0.29, 0.717) is 6.42 Å². The maximum absolute atomic E-state index is 12.7. The van der Waals surface area contributed by atoms with Gasteiger partial charge in [0.25, 0.3) is 0 Å². The maximum Gasteiger partial charge on any atom is 0.227 e. The van der Waals surface area contributed by atoms with Gasteiger partial charge in [-0.25, -0.2) is 0 Å². The second kappa shape index (κ2) is 6.61. The van der Waals surface area contributed by atoms with E-state index >= 15 is 0 Å². The van der Waals surface area contributed by atoms with Gasteiger partial charge in [0, 0.05) is 12.6 Å². The number of fused-ring (bicyclic) bond motifs is 1. The van der Waals surface area contributed by atoms with Gasteiger partial charge >= 0.3 is 0 Å². The van der Waals surface area contributed by atoms with E-state index < -0.39 is 0 Å². The van der Waals surface area contributed by atoms with Crippen molar-refractivity contribution >= 4 is 5.91 Å². The summed E-state index contributed by atoms with van der Waals surface area (Å²) in [4.78, 5) is 12.7. The number of aliphatic hydroxyl groups excluding tert-OH is 1. The lowest BCUT2D eigenvalue weighted by atomic mass is 9.80. The predicted octanol–water partition coefficient (Wildman–Crippen LogP) is 3.02. The van der Waals surface area contributed by atoms with Crippen molar-refractivity contribution in [2.45, 2.75) is 58.4 Å². The Morgan fingerprint density at radius 1 is 1.38 bits per heavy atom. The molecule has 1 aliphatic carbocycles. The van der Waals surface area contributed by atoms with Gasteiger partial charge in [-0.15, -0.1) is 0 Å². The van der Waals surface area contributed by atoms with Crippen LogP contribution in [0.5, 0.6) is 0 Å². The van der Waals surface area contributed by atoms with E-state index in [0.717, 1.165) is 19.3 Å².